The zero-order valence-electron chi connectivity index (χ0n) is 25.4. The van der Waals surface area contributed by atoms with Gasteiger partial charge in [0.15, 0.2) is 17.0 Å². The molecule has 0 aliphatic heterocycles. The fraction of sp³-hybridized carbons (Fsp3) is 0.548. The molecule has 4 atom stereocenters. The molecule has 1 aromatic rings. The molecule has 0 heterocycles. The number of hydrogen-bond donors (Lipinski definition) is 7. The molecule has 0 spiro atoms. The van der Waals surface area contributed by atoms with Gasteiger partial charge >= 0.3 is 0 Å². The van der Waals surface area contributed by atoms with Gasteiger partial charge in [0, 0.05) is 19.8 Å². The second-order valence-electron chi connectivity index (χ2n) is 13.4. The number of ketones is 2. The van der Waals surface area contributed by atoms with E-state index < -0.39 is 74.7 Å². The van der Waals surface area contributed by atoms with E-state index in [2.05, 4.69) is 0 Å². The molecule has 13 nitrogen and oxygen atoms in total. The van der Waals surface area contributed by atoms with Crippen molar-refractivity contribution in [2.75, 3.05) is 33.1 Å². The highest BCUT2D eigenvalue weighted by atomic mass is 16.3. The fourth-order valence-electron chi connectivity index (χ4n) is 8.17. The molecule has 0 saturated heterocycles. The Labute approximate surface area is 255 Å². The summed E-state index contributed by atoms with van der Waals surface area (Å²) in [4.78, 5) is 43.6. The van der Waals surface area contributed by atoms with Crippen LogP contribution in [0.25, 0.3) is 5.76 Å². The lowest BCUT2D eigenvalue weighted by atomic mass is 9.47. The zero-order chi connectivity index (χ0) is 32.7. The molecule has 236 valence electrons. The molecule has 4 aliphatic rings. The number of benzene rings is 1. The van der Waals surface area contributed by atoms with Crippen molar-refractivity contribution in [3.05, 3.63) is 39.7 Å². The zero-order valence-corrected chi connectivity index (χ0v) is 25.4. The van der Waals surface area contributed by atoms with Gasteiger partial charge < -0.3 is 42.5 Å². The predicted molar refractivity (Wildman–Crippen MR) is 160 cm³/mol. The number of rotatable bonds is 6. The Morgan fingerprint density at radius 2 is 1.73 bits per heavy atom. The third-order valence-electron chi connectivity index (χ3n) is 10.2. The minimum absolute atomic E-state index is 0.0544. The summed E-state index contributed by atoms with van der Waals surface area (Å²) in [6.45, 7) is 0. The van der Waals surface area contributed by atoms with Crippen LogP contribution in [0.4, 0.5) is 5.69 Å². The Balaban J connectivity index is 1.78. The monoisotopic (exact) mass is 608 g/mol. The molecule has 1 aromatic carbocycles. The van der Waals surface area contributed by atoms with Crippen molar-refractivity contribution in [3.8, 4) is 11.8 Å². The van der Waals surface area contributed by atoms with Gasteiger partial charge in [-0.05, 0) is 69.8 Å². The average Bonchev–Trinajstić information content (AvgIpc) is 3.33. The van der Waals surface area contributed by atoms with Crippen molar-refractivity contribution in [1.29, 1.82) is 5.26 Å². The van der Waals surface area contributed by atoms with Gasteiger partial charge in [-0.3, -0.25) is 19.3 Å². The maximum absolute atomic E-state index is 14.6. The SMILES string of the molecule is CN(C)c1cc(CCC2(O)CCCC2)c(O)c2c1C[C@@]1(N)C[C@@]3(N)[C@H](N(C)C)C(=O)C(C(N)=O)=C(O)[C@@]3(C#N)C(=O)C1=C2O. The Bertz CT molecular complexity index is 1600. The van der Waals surface area contributed by atoms with Gasteiger partial charge in [-0.2, -0.15) is 5.26 Å². The van der Waals surface area contributed by atoms with Crippen LogP contribution in [0.1, 0.15) is 55.2 Å². The number of primary amides is 1. The molecule has 5 rings (SSSR count). The highest BCUT2D eigenvalue weighted by Crippen LogP contribution is 2.59. The average molecular weight is 609 g/mol. The van der Waals surface area contributed by atoms with Crippen LogP contribution >= 0.6 is 0 Å². The van der Waals surface area contributed by atoms with E-state index in [1.165, 1.54) is 19.0 Å². The van der Waals surface area contributed by atoms with Crippen molar-refractivity contribution >= 4 is 28.9 Å². The number of nitrogens with two attached hydrogens (primary N) is 3. The number of Topliss-reactive ketones (excluding diaryl/α,β-unsaturated/α-hetero) is 2. The van der Waals surface area contributed by atoms with Crippen LogP contribution in [0, 0.1) is 16.7 Å². The maximum Gasteiger partial charge on any atom is 0.255 e. The molecule has 0 radical (unpaired) electrons. The van der Waals surface area contributed by atoms with Crippen LogP contribution in [-0.2, 0) is 27.2 Å². The fourth-order valence-corrected chi connectivity index (χ4v) is 8.17. The number of aryl methyl sites for hydroxylation is 1. The number of hydrogen-bond acceptors (Lipinski definition) is 12. The van der Waals surface area contributed by atoms with E-state index in [1.54, 1.807) is 31.1 Å². The minimum atomic E-state index is -2.72. The van der Waals surface area contributed by atoms with Crippen molar-refractivity contribution in [3.63, 3.8) is 0 Å². The third kappa shape index (κ3) is 4.01. The summed E-state index contributed by atoms with van der Waals surface area (Å²) in [5.74, 6) is -5.67. The summed E-state index contributed by atoms with van der Waals surface area (Å²) >= 11 is 0. The first-order valence-electron chi connectivity index (χ1n) is 14.6. The van der Waals surface area contributed by atoms with E-state index in [0.717, 1.165) is 12.8 Å². The van der Waals surface area contributed by atoms with E-state index in [9.17, 15) is 40.1 Å². The number of amides is 1. The summed E-state index contributed by atoms with van der Waals surface area (Å²) in [6, 6.07) is 2.08. The van der Waals surface area contributed by atoms with Crippen LogP contribution in [0.2, 0.25) is 0 Å². The van der Waals surface area contributed by atoms with E-state index in [4.69, 9.17) is 17.2 Å². The second kappa shape index (κ2) is 10.0. The topological polar surface area (TPSA) is 240 Å². The number of phenols is 1. The Hall–Kier alpha value is -3.96. The number of aliphatic hydroxyl groups is 3. The van der Waals surface area contributed by atoms with Crippen LogP contribution in [0.15, 0.2) is 23.0 Å². The van der Waals surface area contributed by atoms with Crippen molar-refractivity contribution < 1.29 is 34.8 Å². The number of likely N-dealkylation sites (N-methyl/N-ethyl adjacent to an activating group) is 1. The Morgan fingerprint density at radius 3 is 2.25 bits per heavy atom. The lowest BCUT2D eigenvalue weighted by Crippen LogP contribution is -2.80. The molecule has 2 fully saturated rings. The molecule has 44 heavy (non-hydrogen) atoms. The van der Waals surface area contributed by atoms with Crippen LogP contribution < -0.4 is 22.1 Å². The van der Waals surface area contributed by atoms with Crippen molar-refractivity contribution in [2.45, 2.75) is 74.1 Å². The predicted octanol–water partition coefficient (Wildman–Crippen LogP) is 0.209. The van der Waals surface area contributed by atoms with Gasteiger partial charge in [-0.25, -0.2) is 0 Å². The standard InChI is InChI=1S/C31H40N6O7/c1-36(2)17-11-15(7-10-28(44)8-5-6-9-28)21(38)18-16(17)12-29(34)13-31(35)24(37(3)4)23(40)19(27(33)43)25(41)30(31,14-32)26(42)20(29)22(18)39/h11,24,38-39,41,44H,5-10,12-13,34-35H2,1-4H3,(H2,33,43)/t24-,29-,30+,31-/m1/s1. The summed E-state index contributed by atoms with van der Waals surface area (Å²) in [5, 5.41) is 56.3. The molecule has 13 heteroatoms. The quantitative estimate of drug-likeness (QED) is 0.214. The number of aromatic hydroxyl groups is 1. The summed E-state index contributed by atoms with van der Waals surface area (Å²) < 4.78 is 0. The van der Waals surface area contributed by atoms with Gasteiger partial charge in [-0.15, -0.1) is 0 Å². The largest absolute Gasteiger partial charge is 0.509 e. The second-order valence-corrected chi connectivity index (χ2v) is 13.4. The van der Waals surface area contributed by atoms with Crippen molar-refractivity contribution in [1.82, 2.24) is 4.90 Å². The number of fused-ring (bicyclic) bond motifs is 3. The van der Waals surface area contributed by atoms with E-state index in [0.29, 0.717) is 36.1 Å². The van der Waals surface area contributed by atoms with Crippen LogP contribution in [-0.4, -0.2) is 93.7 Å². The number of carbonyl (C=O) groups is 3. The van der Waals surface area contributed by atoms with Crippen LogP contribution in [0.5, 0.6) is 5.75 Å². The highest BCUT2D eigenvalue weighted by molar-refractivity contribution is 6.25. The molecular formula is C31H40N6O7. The number of nitriles is 1. The first-order chi connectivity index (χ1) is 20.4. The van der Waals surface area contributed by atoms with E-state index in [1.807, 2.05) is 0 Å². The smallest absolute Gasteiger partial charge is 0.255 e. The molecule has 10 N–H and O–H groups in total. The normalized spacial score (nSPS) is 31.0. The number of anilines is 1. The van der Waals surface area contributed by atoms with Gasteiger partial charge in [-0.1, -0.05) is 12.8 Å². The Morgan fingerprint density at radius 1 is 1.11 bits per heavy atom. The number of nitrogens with zero attached hydrogens (tertiary/aromatic N) is 3. The molecule has 4 aliphatic carbocycles. The third-order valence-corrected chi connectivity index (χ3v) is 10.2. The van der Waals surface area contributed by atoms with Crippen LogP contribution in [0.3, 0.4) is 0 Å². The first kappa shape index (κ1) is 31.5. The summed E-state index contributed by atoms with van der Waals surface area (Å²) in [5.41, 5.74) is 11.8. The number of phenolic OH excluding ortho intramolecular Hbond substituents is 1. The molecule has 0 aromatic heterocycles. The highest BCUT2D eigenvalue weighted by Gasteiger charge is 2.74. The molecule has 0 unspecified atom stereocenters. The van der Waals surface area contributed by atoms with Gasteiger partial charge in [0.1, 0.15) is 22.8 Å². The molecular weight excluding hydrogens is 568 g/mol. The maximum atomic E-state index is 14.6. The van der Waals surface area contributed by atoms with Gasteiger partial charge in [0.05, 0.1) is 39.9 Å². The molecule has 0 bridgehead atoms. The summed E-state index contributed by atoms with van der Waals surface area (Å²) in [7, 11) is 6.48. The van der Waals surface area contributed by atoms with E-state index >= 15 is 0 Å². The van der Waals surface area contributed by atoms with E-state index in [-0.39, 0.29) is 24.2 Å². The van der Waals surface area contributed by atoms with Crippen molar-refractivity contribution in [2.24, 2.45) is 22.6 Å². The minimum Gasteiger partial charge on any atom is -0.509 e. The Kier molecular flexibility index (Phi) is 7.17. The van der Waals surface area contributed by atoms with Gasteiger partial charge in [0.2, 0.25) is 0 Å². The lowest BCUT2D eigenvalue weighted by Gasteiger charge is -2.58. The molecule has 2 saturated carbocycles. The number of aliphatic hydroxyl groups excluding tert-OH is 2. The summed E-state index contributed by atoms with van der Waals surface area (Å²) in [6.07, 6.45) is 3.22. The first-order valence-corrected chi connectivity index (χ1v) is 14.6. The lowest BCUT2D eigenvalue weighted by molar-refractivity contribution is -0.139. The number of carbonyl (C=O) groups excluding carboxylic acids is 3. The van der Waals surface area contributed by atoms with Gasteiger partial charge in [0.25, 0.3) is 5.91 Å². The molecule has 1 amide bonds.